The molecule has 3 heteroatoms. The summed E-state index contributed by atoms with van der Waals surface area (Å²) in [6.45, 7) is 9.85. The summed E-state index contributed by atoms with van der Waals surface area (Å²) in [4.78, 5) is 15.6. The van der Waals surface area contributed by atoms with Crippen molar-refractivity contribution >= 4 is 6.41 Å². The molecule has 0 aliphatic carbocycles. The zero-order valence-corrected chi connectivity index (χ0v) is 7.46. The number of rotatable bonds is 4. The van der Waals surface area contributed by atoms with Crippen LogP contribution in [0.4, 0.5) is 0 Å². The van der Waals surface area contributed by atoms with E-state index in [1.165, 1.54) is 5.06 Å². The Labute approximate surface area is 68.3 Å². The molecule has 1 amide bonds. The first-order chi connectivity index (χ1) is 4.99. The van der Waals surface area contributed by atoms with E-state index in [0.29, 0.717) is 19.4 Å². The van der Waals surface area contributed by atoms with Crippen LogP contribution in [0.15, 0.2) is 0 Å². The second-order valence-electron chi connectivity index (χ2n) is 3.30. The maximum Gasteiger partial charge on any atom is 0.233 e. The standard InChI is InChI=1S/C8H16NO2/c1-5-6-9(7-10)11-8(2,3)4/h7H,1,5-6H2,2-4H3. The summed E-state index contributed by atoms with van der Waals surface area (Å²) in [5.74, 6) is 0. The topological polar surface area (TPSA) is 29.5 Å². The Kier molecular flexibility index (Phi) is 4.11. The van der Waals surface area contributed by atoms with Crippen molar-refractivity contribution in [3.63, 3.8) is 0 Å². The van der Waals surface area contributed by atoms with Crippen molar-refractivity contribution in [3.8, 4) is 0 Å². The highest BCUT2D eigenvalue weighted by molar-refractivity contribution is 5.44. The smallest absolute Gasteiger partial charge is 0.233 e. The van der Waals surface area contributed by atoms with Crippen LogP contribution in [0.2, 0.25) is 0 Å². The Morgan fingerprint density at radius 2 is 2.09 bits per heavy atom. The molecule has 0 aromatic rings. The van der Waals surface area contributed by atoms with Crippen molar-refractivity contribution < 1.29 is 9.63 Å². The summed E-state index contributed by atoms with van der Waals surface area (Å²) in [6, 6.07) is 0. The first kappa shape index (κ1) is 10.4. The molecule has 11 heavy (non-hydrogen) atoms. The molecule has 0 spiro atoms. The van der Waals surface area contributed by atoms with Crippen LogP contribution in [0, 0.1) is 6.92 Å². The molecule has 0 aliphatic heterocycles. The van der Waals surface area contributed by atoms with Crippen LogP contribution in [0.3, 0.4) is 0 Å². The van der Waals surface area contributed by atoms with Gasteiger partial charge in [0.15, 0.2) is 0 Å². The van der Waals surface area contributed by atoms with Crippen LogP contribution in [0.25, 0.3) is 0 Å². The molecule has 0 aromatic carbocycles. The molecule has 0 rings (SSSR count). The molecule has 0 aliphatic rings. The van der Waals surface area contributed by atoms with Crippen LogP contribution in [0.1, 0.15) is 27.2 Å². The van der Waals surface area contributed by atoms with Gasteiger partial charge in [-0.05, 0) is 27.2 Å². The van der Waals surface area contributed by atoms with Gasteiger partial charge >= 0.3 is 0 Å². The first-order valence-electron chi connectivity index (χ1n) is 3.70. The average Bonchev–Trinajstić information content (AvgIpc) is 1.84. The summed E-state index contributed by atoms with van der Waals surface area (Å²) in [5.41, 5.74) is -0.309. The van der Waals surface area contributed by atoms with E-state index in [2.05, 4.69) is 6.92 Å². The minimum absolute atomic E-state index is 0.309. The van der Waals surface area contributed by atoms with Gasteiger partial charge in [-0.25, -0.2) is 5.06 Å². The zero-order chi connectivity index (χ0) is 8.91. The molecule has 0 saturated heterocycles. The molecule has 1 radical (unpaired) electrons. The fraction of sp³-hybridized carbons (Fsp3) is 0.750. The van der Waals surface area contributed by atoms with Gasteiger partial charge in [-0.2, -0.15) is 0 Å². The summed E-state index contributed by atoms with van der Waals surface area (Å²) in [7, 11) is 0. The Hall–Kier alpha value is -0.570. The van der Waals surface area contributed by atoms with E-state index in [4.69, 9.17) is 4.84 Å². The minimum Gasteiger partial charge on any atom is -0.276 e. The van der Waals surface area contributed by atoms with E-state index in [0.717, 1.165) is 0 Å². The molecule has 0 fully saturated rings. The van der Waals surface area contributed by atoms with Gasteiger partial charge in [-0.15, -0.1) is 0 Å². The van der Waals surface area contributed by atoms with Gasteiger partial charge in [0.2, 0.25) is 6.41 Å². The molecule has 0 atom stereocenters. The maximum atomic E-state index is 10.3. The lowest BCUT2D eigenvalue weighted by atomic mass is 10.2. The van der Waals surface area contributed by atoms with Gasteiger partial charge in [0.25, 0.3) is 0 Å². The Bertz CT molecular complexity index is 118. The summed E-state index contributed by atoms with van der Waals surface area (Å²) in [6.07, 6.45) is 1.34. The van der Waals surface area contributed by atoms with E-state index in [1.807, 2.05) is 20.8 Å². The third kappa shape index (κ3) is 5.85. The molecule has 0 bridgehead atoms. The number of nitrogens with zero attached hydrogens (tertiary/aromatic N) is 1. The van der Waals surface area contributed by atoms with E-state index in [9.17, 15) is 4.79 Å². The number of hydrogen-bond acceptors (Lipinski definition) is 2. The minimum atomic E-state index is -0.309. The highest BCUT2D eigenvalue weighted by atomic mass is 16.7. The number of hydrogen-bond donors (Lipinski definition) is 0. The Balaban J connectivity index is 3.77. The molecule has 0 unspecified atom stereocenters. The lowest BCUT2D eigenvalue weighted by Crippen LogP contribution is -2.33. The van der Waals surface area contributed by atoms with Crippen molar-refractivity contribution in [2.24, 2.45) is 0 Å². The quantitative estimate of drug-likeness (QED) is 0.457. The van der Waals surface area contributed by atoms with Crippen molar-refractivity contribution in [1.82, 2.24) is 5.06 Å². The fourth-order valence-electron chi connectivity index (χ4n) is 0.627. The SMILES string of the molecule is [CH2]CCN(C=O)OC(C)(C)C. The van der Waals surface area contributed by atoms with Crippen molar-refractivity contribution in [2.45, 2.75) is 32.8 Å². The summed E-state index contributed by atoms with van der Waals surface area (Å²) >= 11 is 0. The van der Waals surface area contributed by atoms with Crippen molar-refractivity contribution in [2.75, 3.05) is 6.54 Å². The zero-order valence-electron chi connectivity index (χ0n) is 7.46. The number of carbonyl (C=O) groups excluding carboxylic acids is 1. The third-order valence-corrected chi connectivity index (χ3v) is 0.887. The monoisotopic (exact) mass is 158 g/mol. The highest BCUT2D eigenvalue weighted by Gasteiger charge is 2.14. The normalized spacial score (nSPS) is 11.3. The summed E-state index contributed by atoms with van der Waals surface area (Å²) in [5, 5.41) is 1.27. The molecule has 0 aromatic heterocycles. The van der Waals surface area contributed by atoms with Crippen LogP contribution >= 0.6 is 0 Å². The first-order valence-corrected chi connectivity index (χ1v) is 3.70. The third-order valence-electron chi connectivity index (χ3n) is 0.887. The molecule has 65 valence electrons. The van der Waals surface area contributed by atoms with Crippen molar-refractivity contribution in [1.29, 1.82) is 0 Å². The van der Waals surface area contributed by atoms with Gasteiger partial charge in [0, 0.05) is 6.54 Å². The van der Waals surface area contributed by atoms with Crippen LogP contribution in [-0.2, 0) is 9.63 Å². The van der Waals surface area contributed by atoms with Gasteiger partial charge in [-0.1, -0.05) is 6.92 Å². The van der Waals surface area contributed by atoms with Gasteiger partial charge < -0.3 is 0 Å². The predicted molar refractivity (Wildman–Crippen MR) is 43.6 cm³/mol. The Morgan fingerprint density at radius 1 is 1.55 bits per heavy atom. The van der Waals surface area contributed by atoms with Crippen LogP contribution < -0.4 is 0 Å². The van der Waals surface area contributed by atoms with Gasteiger partial charge in [0.05, 0.1) is 5.60 Å². The number of carbonyl (C=O) groups is 1. The fourth-order valence-corrected chi connectivity index (χ4v) is 0.627. The second kappa shape index (κ2) is 4.34. The lowest BCUT2D eigenvalue weighted by molar-refractivity contribution is -0.215. The molecule has 0 saturated carbocycles. The number of hydroxylamine groups is 2. The van der Waals surface area contributed by atoms with E-state index in [-0.39, 0.29) is 5.60 Å². The van der Waals surface area contributed by atoms with Crippen LogP contribution in [-0.4, -0.2) is 23.6 Å². The summed E-state index contributed by atoms with van der Waals surface area (Å²) < 4.78 is 0. The molecule has 0 heterocycles. The largest absolute Gasteiger partial charge is 0.276 e. The van der Waals surface area contributed by atoms with E-state index in [1.54, 1.807) is 0 Å². The average molecular weight is 158 g/mol. The molecular formula is C8H16NO2. The lowest BCUT2D eigenvalue weighted by Gasteiger charge is -2.26. The molecule has 0 N–H and O–H groups in total. The van der Waals surface area contributed by atoms with Crippen molar-refractivity contribution in [3.05, 3.63) is 6.92 Å². The van der Waals surface area contributed by atoms with E-state index < -0.39 is 0 Å². The van der Waals surface area contributed by atoms with Crippen LogP contribution in [0.5, 0.6) is 0 Å². The predicted octanol–water partition coefficient (Wildman–Crippen LogP) is 1.40. The molecular weight excluding hydrogens is 142 g/mol. The van der Waals surface area contributed by atoms with Gasteiger partial charge in [-0.3, -0.25) is 9.63 Å². The van der Waals surface area contributed by atoms with Gasteiger partial charge in [0.1, 0.15) is 0 Å². The second-order valence-corrected chi connectivity index (χ2v) is 3.30. The highest BCUT2D eigenvalue weighted by Crippen LogP contribution is 2.08. The van der Waals surface area contributed by atoms with E-state index >= 15 is 0 Å². The Morgan fingerprint density at radius 3 is 2.36 bits per heavy atom. The maximum absolute atomic E-state index is 10.3. The molecule has 3 nitrogen and oxygen atoms in total. The number of amides is 1.